The summed E-state index contributed by atoms with van der Waals surface area (Å²) in [5.74, 6) is -3.22. The van der Waals surface area contributed by atoms with Crippen molar-refractivity contribution in [3.05, 3.63) is 46.5 Å². The maximum Gasteiger partial charge on any atom is 0.409 e. The maximum absolute atomic E-state index is 14.3. The van der Waals surface area contributed by atoms with Gasteiger partial charge in [0, 0.05) is 70.2 Å². The Bertz CT molecular complexity index is 2060. The van der Waals surface area contributed by atoms with Crippen molar-refractivity contribution < 1.29 is 67.2 Å². The van der Waals surface area contributed by atoms with Gasteiger partial charge in [0.25, 0.3) is 11.8 Å². The van der Waals surface area contributed by atoms with Crippen LogP contribution in [-0.2, 0) is 59.0 Å². The quantitative estimate of drug-likeness (QED) is 0.0818. The van der Waals surface area contributed by atoms with Gasteiger partial charge in [0.1, 0.15) is 40.7 Å². The molecule has 4 bridgehead atoms. The maximum atomic E-state index is 14.3. The molecule has 2 unspecified atom stereocenters. The van der Waals surface area contributed by atoms with Gasteiger partial charge in [0.15, 0.2) is 5.72 Å². The lowest BCUT2D eigenvalue weighted by Crippen LogP contribution is -2.63. The Morgan fingerprint density at radius 2 is 1.78 bits per heavy atom. The van der Waals surface area contributed by atoms with Crippen LogP contribution in [0.5, 0.6) is 5.75 Å². The van der Waals surface area contributed by atoms with Gasteiger partial charge in [-0.3, -0.25) is 24.5 Å². The van der Waals surface area contributed by atoms with E-state index in [1.165, 1.54) is 59.6 Å². The molecule has 2 N–H and O–H groups in total. The van der Waals surface area contributed by atoms with Crippen LogP contribution >= 0.6 is 33.2 Å². The number of benzene rings is 1. The third kappa shape index (κ3) is 12.6. The van der Waals surface area contributed by atoms with Gasteiger partial charge < -0.3 is 43.4 Å². The zero-order valence-corrected chi connectivity index (χ0v) is 40.5. The summed E-state index contributed by atoms with van der Waals surface area (Å²) in [6, 6.07) is 2.47. The van der Waals surface area contributed by atoms with Crippen LogP contribution in [-0.4, -0.2) is 138 Å². The van der Waals surface area contributed by atoms with Gasteiger partial charge in [0.05, 0.1) is 25.3 Å². The second kappa shape index (κ2) is 22.0. The molecule has 1 aromatic carbocycles. The number of hydrogen-bond donors (Lipinski definition) is 2. The van der Waals surface area contributed by atoms with Crippen molar-refractivity contribution in [1.29, 1.82) is 0 Å². The third-order valence-corrected chi connectivity index (χ3v) is 15.5. The lowest BCUT2D eigenvalue weighted by molar-refractivity contribution is -0.197. The number of nitrogens with one attached hydrogen (secondary N) is 1. The fourth-order valence-corrected chi connectivity index (χ4v) is 10.5. The smallest absolute Gasteiger partial charge is 0.409 e. The van der Waals surface area contributed by atoms with Crippen LogP contribution < -0.4 is 15.0 Å². The lowest BCUT2D eigenvalue weighted by atomic mass is 9.83. The monoisotopic (exact) mass is 966 g/mol. The zero-order chi connectivity index (χ0) is 48.0. The summed E-state index contributed by atoms with van der Waals surface area (Å²) in [5.41, 5.74) is -1.10. The lowest BCUT2D eigenvalue weighted by Gasteiger charge is -2.42. The van der Waals surface area contributed by atoms with E-state index < -0.39 is 83.5 Å². The van der Waals surface area contributed by atoms with Gasteiger partial charge in [0.2, 0.25) is 11.8 Å². The summed E-state index contributed by atoms with van der Waals surface area (Å²) in [6.45, 7) is 8.79. The summed E-state index contributed by atoms with van der Waals surface area (Å²) in [7, 11) is 8.79. The highest BCUT2D eigenvalue weighted by atomic mass is 35.5. The Hall–Kier alpha value is -4.34. The molecule has 21 heteroatoms. The zero-order valence-electron chi connectivity index (χ0n) is 38.1. The second-order valence-corrected chi connectivity index (χ2v) is 20.3. The number of methoxy groups -OCH3 is 2. The van der Waals surface area contributed by atoms with E-state index in [2.05, 4.69) is 5.32 Å². The predicted molar refractivity (Wildman–Crippen MR) is 241 cm³/mol. The normalized spacial score (nSPS) is 28.8. The number of esters is 1. The number of epoxide rings is 1. The summed E-state index contributed by atoms with van der Waals surface area (Å²) < 4.78 is 29.3. The van der Waals surface area contributed by atoms with E-state index in [1.807, 2.05) is 19.9 Å². The molecule has 0 aromatic heterocycles. The summed E-state index contributed by atoms with van der Waals surface area (Å²) in [5, 5.41) is 15.0. The molecule has 1 aromatic rings. The Kier molecular flexibility index (Phi) is 17.5. The molecule has 65 heavy (non-hydrogen) atoms. The minimum absolute atomic E-state index is 0.00554. The molecule has 5 amide bonds. The van der Waals surface area contributed by atoms with E-state index in [-0.39, 0.29) is 54.7 Å². The van der Waals surface area contributed by atoms with Gasteiger partial charge in [-0.2, -0.15) is 0 Å². The molecule has 358 valence electrons. The molecule has 18 nitrogen and oxygen atoms in total. The van der Waals surface area contributed by atoms with Gasteiger partial charge in [-0.15, -0.1) is 5.06 Å². The van der Waals surface area contributed by atoms with Crippen LogP contribution in [0.4, 0.5) is 10.5 Å². The number of carbonyl (C=O) groups excluding carboxylic acids is 7. The molecular weight excluding hydrogens is 908 g/mol. The van der Waals surface area contributed by atoms with Crippen LogP contribution in [0.2, 0.25) is 5.02 Å². The number of nitrogens with zero attached hydrogens (tertiary/aromatic N) is 3. The van der Waals surface area contributed by atoms with Crippen LogP contribution in [0.1, 0.15) is 85.1 Å². The number of carbonyl (C=O) groups is 7. The number of anilines is 1. The molecule has 9 atom stereocenters. The summed E-state index contributed by atoms with van der Waals surface area (Å²) >= 11 is 6.79. The standard InChI is InChI=1S/C44H59ClN4O14S2/c1-24-11-10-12-32(59-9)44(57)23-31(60-42(56)46-44)26(3)40-43(5,62-40)33(22-37(53)48(7)29-20-28(19-24)21-30(58-8)39(29)45)61-41(55)27(4)47(6)34(50)17-18-64-65-25(2)13-16-38(54)63-49-35(51)14-15-36(49)52/h10-12,20-21,25-27,31-33,40,57H,13-19,22-23H2,1-9H3,(H,46,56)/b12-10?,24-11-/t25?,26-,27+,31+,32-,33?,40+,43+,44+/m1/s1. The number of allylic oxidation sites excluding steroid dienone is 3. The highest BCUT2D eigenvalue weighted by molar-refractivity contribution is 8.76. The first-order valence-electron chi connectivity index (χ1n) is 21.3. The number of fused-ring (bicyclic) bond motifs is 5. The molecule has 3 saturated heterocycles. The average Bonchev–Trinajstić information content (AvgIpc) is 3.87. The van der Waals surface area contributed by atoms with Crippen molar-refractivity contribution in [2.75, 3.05) is 39.0 Å². The molecule has 4 heterocycles. The number of hydrogen-bond acceptors (Lipinski definition) is 16. The minimum Gasteiger partial charge on any atom is -0.495 e. The Balaban J connectivity index is 1.29. The largest absolute Gasteiger partial charge is 0.495 e. The molecular formula is C44H59ClN4O14S2. The number of likely N-dealkylation sites (N-methyl/N-ethyl adjacent to an activating group) is 1. The van der Waals surface area contributed by atoms with E-state index in [1.54, 1.807) is 45.2 Å². The Labute approximate surface area is 391 Å². The highest BCUT2D eigenvalue weighted by Gasteiger charge is 2.64. The molecule has 0 saturated carbocycles. The van der Waals surface area contributed by atoms with Gasteiger partial charge >= 0.3 is 18.0 Å². The van der Waals surface area contributed by atoms with Crippen LogP contribution in [0, 0.1) is 5.92 Å². The summed E-state index contributed by atoms with van der Waals surface area (Å²) in [6.07, 6.45) is 1.05. The third-order valence-electron chi connectivity index (χ3n) is 12.1. The number of alkyl carbamates (subject to hydrolysis) is 1. The van der Waals surface area contributed by atoms with E-state index in [9.17, 15) is 38.7 Å². The molecule has 0 spiro atoms. The van der Waals surface area contributed by atoms with Crippen molar-refractivity contribution in [2.45, 2.75) is 133 Å². The average molecular weight is 968 g/mol. The van der Waals surface area contributed by atoms with E-state index in [4.69, 9.17) is 40.1 Å². The van der Waals surface area contributed by atoms with Crippen molar-refractivity contribution in [1.82, 2.24) is 15.3 Å². The highest BCUT2D eigenvalue weighted by Crippen LogP contribution is 2.49. The Morgan fingerprint density at radius 3 is 2.45 bits per heavy atom. The van der Waals surface area contributed by atoms with Crippen LogP contribution in [0.3, 0.4) is 0 Å². The number of hydroxylamine groups is 2. The van der Waals surface area contributed by atoms with Crippen molar-refractivity contribution in [2.24, 2.45) is 5.92 Å². The predicted octanol–water partition coefficient (Wildman–Crippen LogP) is 5.06. The Morgan fingerprint density at radius 1 is 1.09 bits per heavy atom. The number of amides is 5. The molecule has 0 radical (unpaired) electrons. The van der Waals surface area contributed by atoms with E-state index in [0.29, 0.717) is 35.1 Å². The SMILES string of the molecule is COc1cc2cc(c1Cl)N(C)C(=O)CC(OC(=O)[C@H](C)N(C)C(=O)CCSSC(C)CCC(=O)ON1C(=O)CCC1=O)[C@]1(C)O[C@H]1[C@H](C)[C@@H]1C[C@@](O)(NC(=O)O1)[C@H](OC)C=C/C=C(/C)C2. The summed E-state index contributed by atoms with van der Waals surface area (Å²) in [4.78, 5) is 97.7. The fourth-order valence-electron chi connectivity index (χ4n) is 7.86. The fraction of sp³-hybridized carbons (Fsp3) is 0.614. The molecule has 4 aliphatic rings. The van der Waals surface area contributed by atoms with Crippen LogP contribution in [0.25, 0.3) is 0 Å². The number of ether oxygens (including phenoxy) is 5. The van der Waals surface area contributed by atoms with Crippen molar-refractivity contribution in [3.63, 3.8) is 0 Å². The first-order chi connectivity index (χ1) is 30.6. The topological polar surface area (TPSA) is 220 Å². The molecule has 5 rings (SSSR count). The van der Waals surface area contributed by atoms with E-state index in [0.717, 1.165) is 11.1 Å². The van der Waals surface area contributed by atoms with Crippen molar-refractivity contribution in [3.8, 4) is 5.75 Å². The number of rotatable bonds is 14. The molecule has 0 aliphatic carbocycles. The van der Waals surface area contributed by atoms with Gasteiger partial charge in [-0.05, 0) is 51.3 Å². The second-order valence-electron chi connectivity index (χ2n) is 17.0. The first-order valence-corrected chi connectivity index (χ1v) is 24.1. The molecule has 3 fully saturated rings. The number of aliphatic hydroxyl groups is 1. The number of imide groups is 1. The number of halogens is 1. The van der Waals surface area contributed by atoms with Gasteiger partial charge in [-0.1, -0.05) is 70.8 Å². The van der Waals surface area contributed by atoms with Crippen LogP contribution in [0.15, 0.2) is 35.9 Å². The van der Waals surface area contributed by atoms with E-state index >= 15 is 0 Å². The first kappa shape index (κ1) is 51.6. The van der Waals surface area contributed by atoms with Crippen molar-refractivity contribution >= 4 is 80.5 Å². The minimum atomic E-state index is -1.86. The molecule has 4 aliphatic heterocycles. The van der Waals surface area contributed by atoms with Gasteiger partial charge in [-0.25, -0.2) is 14.4 Å².